The topological polar surface area (TPSA) is 74.3 Å². The van der Waals surface area contributed by atoms with E-state index < -0.39 is 11.6 Å². The fourth-order valence-electron chi connectivity index (χ4n) is 4.39. The van der Waals surface area contributed by atoms with E-state index in [-0.39, 0.29) is 39.5 Å². The van der Waals surface area contributed by atoms with E-state index in [2.05, 4.69) is 15.1 Å². The lowest BCUT2D eigenvalue weighted by molar-refractivity contribution is 0.00455. The monoisotopic (exact) mass is 485 g/mol. The Bertz CT molecular complexity index is 1460. The zero-order valence-corrected chi connectivity index (χ0v) is 19.6. The number of aryl methyl sites for hydroxylation is 2. The minimum Gasteiger partial charge on any atom is -0.373 e. The predicted molar refractivity (Wildman–Crippen MR) is 123 cm³/mol. The first-order chi connectivity index (χ1) is 16.2. The van der Waals surface area contributed by atoms with E-state index in [9.17, 15) is 13.6 Å². The molecule has 4 heterocycles. The molecule has 2 atom stereocenters. The predicted octanol–water partition coefficient (Wildman–Crippen LogP) is 4.67. The number of aromatic nitrogens is 5. The van der Waals surface area contributed by atoms with Gasteiger partial charge in [-0.05, 0) is 38.8 Å². The Labute approximate surface area is 199 Å². The summed E-state index contributed by atoms with van der Waals surface area (Å²) >= 11 is 5.84. The summed E-state index contributed by atoms with van der Waals surface area (Å²) in [6.45, 7) is 3.83. The van der Waals surface area contributed by atoms with Crippen LogP contribution < -0.4 is 5.56 Å². The van der Waals surface area contributed by atoms with Gasteiger partial charge in [-0.2, -0.15) is 5.10 Å². The first-order valence-corrected chi connectivity index (χ1v) is 11.3. The maximum Gasteiger partial charge on any atom is 0.261 e. The molecule has 0 radical (unpaired) electrons. The van der Waals surface area contributed by atoms with Gasteiger partial charge in [0.15, 0.2) is 5.65 Å². The van der Waals surface area contributed by atoms with E-state index in [1.165, 1.54) is 4.40 Å². The van der Waals surface area contributed by atoms with Crippen molar-refractivity contribution < 1.29 is 13.5 Å². The quantitative estimate of drug-likeness (QED) is 0.421. The van der Waals surface area contributed by atoms with E-state index >= 15 is 0 Å². The van der Waals surface area contributed by atoms with Gasteiger partial charge >= 0.3 is 0 Å². The Hall–Kier alpha value is -3.17. The minimum absolute atomic E-state index is 0.0335. The molecular weight excluding hydrogens is 464 g/mol. The largest absolute Gasteiger partial charge is 0.373 e. The molecule has 1 aliphatic rings. The first-order valence-electron chi connectivity index (χ1n) is 10.9. The van der Waals surface area contributed by atoms with Gasteiger partial charge in [0, 0.05) is 53.8 Å². The van der Waals surface area contributed by atoms with Gasteiger partial charge in [0.25, 0.3) is 5.56 Å². The fraction of sp³-hybridized carbons (Fsp3) is 0.333. The maximum absolute atomic E-state index is 15.0. The van der Waals surface area contributed by atoms with E-state index in [0.29, 0.717) is 36.4 Å². The SMILES string of the molecule is Cc1nc2c(-c3c(F)cc(Cl)cc3F)nc(C3CCOC(c4cnn(C)c4)C3)cn2c(=O)c1C. The van der Waals surface area contributed by atoms with Crippen LogP contribution in [0.4, 0.5) is 8.78 Å². The average Bonchev–Trinajstić information content (AvgIpc) is 3.23. The smallest absolute Gasteiger partial charge is 0.261 e. The highest BCUT2D eigenvalue weighted by Gasteiger charge is 2.29. The molecule has 7 nitrogen and oxygen atoms in total. The molecule has 34 heavy (non-hydrogen) atoms. The lowest BCUT2D eigenvalue weighted by atomic mass is 9.90. The molecule has 4 aromatic rings. The second-order valence-electron chi connectivity index (χ2n) is 8.61. The van der Waals surface area contributed by atoms with Gasteiger partial charge in [-0.15, -0.1) is 0 Å². The summed E-state index contributed by atoms with van der Waals surface area (Å²) in [5, 5.41) is 4.14. The second kappa shape index (κ2) is 8.56. The molecule has 1 aromatic carbocycles. The molecule has 0 bridgehead atoms. The summed E-state index contributed by atoms with van der Waals surface area (Å²) in [7, 11) is 1.83. The van der Waals surface area contributed by atoms with Crippen molar-refractivity contribution >= 4 is 17.2 Å². The number of halogens is 3. The molecule has 176 valence electrons. The number of ether oxygens (including phenoxy) is 1. The van der Waals surface area contributed by atoms with Crippen molar-refractivity contribution in [1.29, 1.82) is 0 Å². The van der Waals surface area contributed by atoms with Crippen LogP contribution in [0.2, 0.25) is 5.02 Å². The Morgan fingerprint density at radius 1 is 1.15 bits per heavy atom. The molecule has 1 fully saturated rings. The number of nitrogens with zero attached hydrogens (tertiary/aromatic N) is 5. The molecule has 10 heteroatoms. The number of hydrogen-bond acceptors (Lipinski definition) is 5. The van der Waals surface area contributed by atoms with Crippen molar-refractivity contribution in [3.05, 3.63) is 80.2 Å². The van der Waals surface area contributed by atoms with Crippen LogP contribution in [0.5, 0.6) is 0 Å². The second-order valence-corrected chi connectivity index (χ2v) is 9.04. The third kappa shape index (κ3) is 3.88. The van der Waals surface area contributed by atoms with Crippen LogP contribution in [0.25, 0.3) is 16.9 Å². The van der Waals surface area contributed by atoms with Gasteiger partial charge in [0.2, 0.25) is 0 Å². The van der Waals surface area contributed by atoms with Gasteiger partial charge in [0.05, 0.1) is 23.6 Å². The number of benzene rings is 1. The van der Waals surface area contributed by atoms with Crippen molar-refractivity contribution in [3.63, 3.8) is 0 Å². The van der Waals surface area contributed by atoms with Crippen molar-refractivity contribution in [2.45, 2.75) is 38.7 Å². The van der Waals surface area contributed by atoms with Gasteiger partial charge in [-0.3, -0.25) is 13.9 Å². The van der Waals surface area contributed by atoms with Crippen molar-refractivity contribution in [1.82, 2.24) is 24.1 Å². The van der Waals surface area contributed by atoms with Crippen LogP contribution in [-0.2, 0) is 11.8 Å². The molecule has 0 aliphatic carbocycles. The van der Waals surface area contributed by atoms with Crippen molar-refractivity contribution in [3.8, 4) is 11.3 Å². The van der Waals surface area contributed by atoms with Gasteiger partial charge in [-0.25, -0.2) is 18.7 Å². The highest BCUT2D eigenvalue weighted by Crippen LogP contribution is 2.38. The molecule has 0 amide bonds. The highest BCUT2D eigenvalue weighted by atomic mass is 35.5. The molecule has 0 N–H and O–H groups in total. The summed E-state index contributed by atoms with van der Waals surface area (Å²) in [6, 6.07) is 2.05. The Balaban J connectivity index is 1.70. The normalized spacial score (nSPS) is 18.5. The number of rotatable bonds is 3. The third-order valence-electron chi connectivity index (χ3n) is 6.34. The summed E-state index contributed by atoms with van der Waals surface area (Å²) in [5.41, 5.74) is 1.79. The Morgan fingerprint density at radius 3 is 2.56 bits per heavy atom. The highest BCUT2D eigenvalue weighted by molar-refractivity contribution is 6.30. The molecule has 1 aliphatic heterocycles. The molecule has 0 spiro atoms. The van der Waals surface area contributed by atoms with Crippen LogP contribution in [0.15, 0.2) is 35.5 Å². The van der Waals surface area contributed by atoms with E-state index in [1.807, 2.05) is 13.2 Å². The summed E-state index contributed by atoms with van der Waals surface area (Å²) in [6.07, 6.45) is 6.31. The van der Waals surface area contributed by atoms with E-state index in [1.54, 1.807) is 30.9 Å². The summed E-state index contributed by atoms with van der Waals surface area (Å²) < 4.78 is 38.9. The van der Waals surface area contributed by atoms with Gasteiger partial charge in [0.1, 0.15) is 17.3 Å². The van der Waals surface area contributed by atoms with Crippen LogP contribution in [0.3, 0.4) is 0 Å². The average molecular weight is 486 g/mol. The first kappa shape index (κ1) is 22.6. The summed E-state index contributed by atoms with van der Waals surface area (Å²) in [5.74, 6) is -1.84. The zero-order chi connectivity index (χ0) is 24.1. The summed E-state index contributed by atoms with van der Waals surface area (Å²) in [4.78, 5) is 22.3. The lowest BCUT2D eigenvalue weighted by Crippen LogP contribution is -2.24. The Kier molecular flexibility index (Phi) is 5.69. The van der Waals surface area contributed by atoms with E-state index in [4.69, 9.17) is 16.3 Å². The lowest BCUT2D eigenvalue weighted by Gasteiger charge is -2.29. The number of hydrogen-bond donors (Lipinski definition) is 0. The Morgan fingerprint density at radius 2 is 1.88 bits per heavy atom. The molecule has 5 rings (SSSR count). The molecule has 0 saturated carbocycles. The molecule has 2 unspecified atom stereocenters. The van der Waals surface area contributed by atoms with Crippen LogP contribution in [0.1, 0.15) is 47.4 Å². The van der Waals surface area contributed by atoms with Gasteiger partial charge < -0.3 is 4.74 Å². The third-order valence-corrected chi connectivity index (χ3v) is 6.56. The molecular formula is C24H22ClF2N5O2. The molecule has 1 saturated heterocycles. The fourth-order valence-corrected chi connectivity index (χ4v) is 4.58. The number of fused-ring (bicyclic) bond motifs is 1. The standard InChI is InChI=1S/C24H22ClF2N5O2/c1-12-13(2)29-23-22(21-17(26)7-16(25)8-18(21)27)30-19(11-32(23)24(12)33)14-4-5-34-20(6-14)15-9-28-31(3)10-15/h7-11,14,20H,4-6H2,1-3H3. The van der Waals surface area contributed by atoms with Crippen molar-refractivity contribution in [2.24, 2.45) is 7.05 Å². The van der Waals surface area contributed by atoms with Crippen LogP contribution >= 0.6 is 11.6 Å². The maximum atomic E-state index is 15.0. The minimum atomic E-state index is -0.871. The van der Waals surface area contributed by atoms with Crippen molar-refractivity contribution in [2.75, 3.05) is 6.61 Å². The van der Waals surface area contributed by atoms with Crippen LogP contribution in [0, 0.1) is 25.5 Å². The molecule has 3 aromatic heterocycles. The van der Waals surface area contributed by atoms with Gasteiger partial charge in [-0.1, -0.05) is 11.6 Å². The van der Waals surface area contributed by atoms with Crippen LogP contribution in [-0.4, -0.2) is 30.8 Å². The van der Waals surface area contributed by atoms with E-state index in [0.717, 1.165) is 17.7 Å². The zero-order valence-electron chi connectivity index (χ0n) is 18.8.